The molecule has 0 saturated carbocycles. The van der Waals surface area contributed by atoms with Crippen LogP contribution < -0.4 is 0 Å². The molecule has 0 aliphatic rings. The number of rotatable bonds is 3. The number of fused-ring (bicyclic) bond motifs is 1. The molecule has 2 nitrogen and oxygen atoms in total. The van der Waals surface area contributed by atoms with Crippen LogP contribution in [-0.4, -0.2) is 9.97 Å². The second-order valence-electron chi connectivity index (χ2n) is 5.87. The van der Waals surface area contributed by atoms with Crippen LogP contribution in [0.2, 0.25) is 0 Å². The number of aromatic amines is 1. The first-order valence-corrected chi connectivity index (χ1v) is 9.79. The summed E-state index contributed by atoms with van der Waals surface area (Å²) in [5.41, 5.74) is 7.41. The zero-order valence-corrected chi connectivity index (χ0v) is 14.9. The molecule has 0 radical (unpaired) electrons. The number of hydrogen-bond donors (Lipinski definition) is 1. The molecule has 0 amide bonds. The van der Waals surface area contributed by atoms with E-state index < -0.39 is 0 Å². The van der Waals surface area contributed by atoms with Gasteiger partial charge in [0, 0.05) is 21.9 Å². The van der Waals surface area contributed by atoms with E-state index in [4.69, 9.17) is 0 Å². The second kappa shape index (κ2) is 5.99. The highest BCUT2D eigenvalue weighted by atomic mass is 32.1. The van der Waals surface area contributed by atoms with Gasteiger partial charge in [-0.3, -0.25) is 0 Å². The van der Waals surface area contributed by atoms with Crippen molar-refractivity contribution in [2.24, 2.45) is 0 Å². The molecule has 25 heavy (non-hydrogen) atoms. The normalized spacial score (nSPS) is 11.2. The summed E-state index contributed by atoms with van der Waals surface area (Å²) in [6.45, 7) is 0. The van der Waals surface area contributed by atoms with E-state index in [2.05, 4.69) is 75.3 Å². The van der Waals surface area contributed by atoms with E-state index in [-0.39, 0.29) is 0 Å². The molecule has 0 unspecified atom stereocenters. The number of benzene rings is 2. The van der Waals surface area contributed by atoms with Crippen molar-refractivity contribution in [1.82, 2.24) is 9.97 Å². The maximum atomic E-state index is 4.09. The number of nitrogens with one attached hydrogen (secondary N) is 1. The van der Waals surface area contributed by atoms with Gasteiger partial charge >= 0.3 is 0 Å². The standard InChI is InChI=1S/C21H14N2S2/c1-2-4-14(5-3-1)17-11-24-21-18(12-25-20(17)21)15-6-8-16(9-7-15)19-10-22-13-23-19/h1-13H,(H,22,23). The summed E-state index contributed by atoms with van der Waals surface area (Å²) in [5.74, 6) is 0. The lowest BCUT2D eigenvalue weighted by Gasteiger charge is -2.01. The zero-order valence-electron chi connectivity index (χ0n) is 13.3. The molecule has 4 heteroatoms. The number of H-pyrrole nitrogens is 1. The van der Waals surface area contributed by atoms with Crippen molar-refractivity contribution in [2.45, 2.75) is 0 Å². The number of nitrogens with zero attached hydrogens (tertiary/aromatic N) is 1. The third-order valence-electron chi connectivity index (χ3n) is 4.37. The Bertz CT molecular complexity index is 1120. The fourth-order valence-corrected chi connectivity index (χ4v) is 5.54. The summed E-state index contributed by atoms with van der Waals surface area (Å²) in [6.07, 6.45) is 3.56. The highest BCUT2D eigenvalue weighted by Gasteiger charge is 2.13. The molecule has 5 aromatic rings. The van der Waals surface area contributed by atoms with E-state index in [1.54, 1.807) is 6.33 Å². The fraction of sp³-hybridized carbons (Fsp3) is 0. The smallest absolute Gasteiger partial charge is 0.0924 e. The van der Waals surface area contributed by atoms with Gasteiger partial charge in [-0.05, 0) is 16.7 Å². The molecular weight excluding hydrogens is 344 g/mol. The molecule has 5 rings (SSSR count). The highest BCUT2D eigenvalue weighted by molar-refractivity contribution is 7.27. The number of thiophene rings is 2. The van der Waals surface area contributed by atoms with Crippen molar-refractivity contribution >= 4 is 32.1 Å². The fourth-order valence-electron chi connectivity index (χ4n) is 3.08. The molecule has 0 atom stereocenters. The van der Waals surface area contributed by atoms with Crippen LogP contribution in [0.3, 0.4) is 0 Å². The molecule has 0 saturated heterocycles. The van der Waals surface area contributed by atoms with Crippen molar-refractivity contribution in [3.63, 3.8) is 0 Å². The number of aromatic nitrogens is 2. The predicted octanol–water partition coefficient (Wildman–Crippen LogP) is 6.69. The van der Waals surface area contributed by atoms with Gasteiger partial charge in [0.2, 0.25) is 0 Å². The second-order valence-corrected chi connectivity index (χ2v) is 7.62. The Morgan fingerprint density at radius 1 is 0.680 bits per heavy atom. The Balaban J connectivity index is 1.57. The third-order valence-corrected chi connectivity index (χ3v) is 6.53. The lowest BCUT2D eigenvalue weighted by Crippen LogP contribution is -1.78. The summed E-state index contributed by atoms with van der Waals surface area (Å²) in [5, 5.41) is 4.55. The van der Waals surface area contributed by atoms with Gasteiger partial charge < -0.3 is 4.98 Å². The van der Waals surface area contributed by atoms with Crippen LogP contribution in [0, 0.1) is 0 Å². The van der Waals surface area contributed by atoms with Crippen LogP contribution in [0.5, 0.6) is 0 Å². The van der Waals surface area contributed by atoms with E-state index in [0.717, 1.165) is 11.3 Å². The summed E-state index contributed by atoms with van der Waals surface area (Å²) >= 11 is 3.67. The van der Waals surface area contributed by atoms with Gasteiger partial charge in [0.1, 0.15) is 0 Å². The largest absolute Gasteiger partial charge is 0.345 e. The summed E-state index contributed by atoms with van der Waals surface area (Å²) in [4.78, 5) is 7.24. The van der Waals surface area contributed by atoms with Gasteiger partial charge in [-0.1, -0.05) is 54.6 Å². The van der Waals surface area contributed by atoms with Crippen LogP contribution >= 0.6 is 22.7 Å². The van der Waals surface area contributed by atoms with Gasteiger partial charge in [0.05, 0.1) is 27.6 Å². The topological polar surface area (TPSA) is 28.7 Å². The lowest BCUT2D eigenvalue weighted by atomic mass is 10.0. The van der Waals surface area contributed by atoms with E-state index in [1.807, 2.05) is 28.9 Å². The predicted molar refractivity (Wildman–Crippen MR) is 108 cm³/mol. The Kier molecular flexibility index (Phi) is 3.51. The first kappa shape index (κ1) is 14.6. The third kappa shape index (κ3) is 2.51. The van der Waals surface area contributed by atoms with Gasteiger partial charge in [-0.15, -0.1) is 22.7 Å². The van der Waals surface area contributed by atoms with E-state index in [0.29, 0.717) is 0 Å². The molecule has 0 aliphatic carbocycles. The SMILES string of the molecule is c1ccc(-c2csc3c(-c4ccc(-c5cnc[nH]5)cc4)csc23)cc1. The molecule has 3 aromatic heterocycles. The highest BCUT2D eigenvalue weighted by Crippen LogP contribution is 2.44. The van der Waals surface area contributed by atoms with Crippen molar-refractivity contribution in [3.8, 4) is 33.5 Å². The van der Waals surface area contributed by atoms with Gasteiger partial charge in [-0.25, -0.2) is 4.98 Å². The number of hydrogen-bond acceptors (Lipinski definition) is 3. The Morgan fingerprint density at radius 2 is 1.28 bits per heavy atom. The van der Waals surface area contributed by atoms with E-state index in [9.17, 15) is 0 Å². The first-order chi connectivity index (χ1) is 12.4. The van der Waals surface area contributed by atoms with Crippen molar-refractivity contribution in [1.29, 1.82) is 0 Å². The minimum Gasteiger partial charge on any atom is -0.345 e. The minimum atomic E-state index is 1.05. The zero-order chi connectivity index (χ0) is 16.6. The average Bonchev–Trinajstić information content (AvgIpc) is 3.40. The number of imidazole rings is 1. The average molecular weight is 358 g/mol. The van der Waals surface area contributed by atoms with Crippen LogP contribution in [0.15, 0.2) is 77.9 Å². The van der Waals surface area contributed by atoms with Gasteiger partial charge in [0.25, 0.3) is 0 Å². The first-order valence-electron chi connectivity index (χ1n) is 8.03. The maximum Gasteiger partial charge on any atom is 0.0924 e. The van der Waals surface area contributed by atoms with Crippen LogP contribution in [0.1, 0.15) is 0 Å². The minimum absolute atomic E-state index is 1.05. The van der Waals surface area contributed by atoms with Crippen LogP contribution in [-0.2, 0) is 0 Å². The molecular formula is C21H14N2S2. The summed E-state index contributed by atoms with van der Waals surface area (Å²) < 4.78 is 2.75. The molecule has 0 bridgehead atoms. The van der Waals surface area contributed by atoms with Gasteiger partial charge in [0.15, 0.2) is 0 Å². The molecule has 2 aromatic carbocycles. The molecule has 0 aliphatic heterocycles. The Morgan fingerprint density at radius 3 is 1.88 bits per heavy atom. The molecule has 3 heterocycles. The Labute approximate surface area is 153 Å². The van der Waals surface area contributed by atoms with E-state index >= 15 is 0 Å². The molecule has 1 N–H and O–H groups in total. The lowest BCUT2D eigenvalue weighted by molar-refractivity contribution is 1.31. The van der Waals surface area contributed by atoms with Crippen LogP contribution in [0.4, 0.5) is 0 Å². The molecule has 0 spiro atoms. The summed E-state index contributed by atoms with van der Waals surface area (Å²) in [6, 6.07) is 19.3. The van der Waals surface area contributed by atoms with Crippen molar-refractivity contribution < 1.29 is 0 Å². The quantitative estimate of drug-likeness (QED) is 0.382. The van der Waals surface area contributed by atoms with E-state index in [1.165, 1.54) is 31.7 Å². The monoisotopic (exact) mass is 358 g/mol. The van der Waals surface area contributed by atoms with Gasteiger partial charge in [-0.2, -0.15) is 0 Å². The molecule has 120 valence electrons. The summed E-state index contributed by atoms with van der Waals surface area (Å²) in [7, 11) is 0. The maximum absolute atomic E-state index is 4.09. The Hall–Kier alpha value is -2.69. The van der Waals surface area contributed by atoms with Crippen molar-refractivity contribution in [3.05, 3.63) is 77.9 Å². The molecule has 0 fully saturated rings. The van der Waals surface area contributed by atoms with Crippen LogP contribution in [0.25, 0.3) is 42.9 Å². The van der Waals surface area contributed by atoms with Crippen molar-refractivity contribution in [2.75, 3.05) is 0 Å².